The van der Waals surface area contributed by atoms with Crippen LogP contribution in [0.5, 0.6) is 0 Å². The molecule has 2 aromatic rings. The molecular formula is C22H24Cl2N2O4. The predicted octanol–water partition coefficient (Wildman–Crippen LogP) is 3.04. The van der Waals surface area contributed by atoms with Gasteiger partial charge in [-0.15, -0.1) is 0 Å². The second-order valence-electron chi connectivity index (χ2n) is 7.28. The molecule has 2 N–H and O–H groups in total. The number of carbonyl (C=O) groups excluding carboxylic acids is 2. The van der Waals surface area contributed by atoms with Gasteiger partial charge in [0, 0.05) is 26.1 Å². The van der Waals surface area contributed by atoms with E-state index in [1.165, 1.54) is 7.11 Å². The van der Waals surface area contributed by atoms with Crippen molar-refractivity contribution in [3.63, 3.8) is 0 Å². The molecule has 0 radical (unpaired) electrons. The molecule has 2 aromatic carbocycles. The minimum atomic E-state index is -0.570. The standard InChI is InChI=1S/C22H24Cl2N2O4/c1-29-21(28)17-5-2-15(3-6-17)11-20(27)26-14-22(13-25-8-9-30-22)12-16-4-7-18(23)19(24)10-16/h2-7,10,25H,8-9,11-14H2,1H3,(H,26,27). The monoisotopic (exact) mass is 450 g/mol. The Morgan fingerprint density at radius 2 is 1.87 bits per heavy atom. The molecule has 30 heavy (non-hydrogen) atoms. The second-order valence-corrected chi connectivity index (χ2v) is 8.09. The van der Waals surface area contributed by atoms with Crippen LogP contribution in [0.25, 0.3) is 0 Å². The number of amides is 1. The van der Waals surface area contributed by atoms with Gasteiger partial charge < -0.3 is 20.1 Å². The van der Waals surface area contributed by atoms with Gasteiger partial charge in [0.2, 0.25) is 5.91 Å². The normalized spacial score (nSPS) is 18.6. The van der Waals surface area contributed by atoms with E-state index in [2.05, 4.69) is 15.4 Å². The van der Waals surface area contributed by atoms with Crippen LogP contribution in [0.3, 0.4) is 0 Å². The van der Waals surface area contributed by atoms with Crippen LogP contribution >= 0.6 is 23.2 Å². The molecule has 0 bridgehead atoms. The van der Waals surface area contributed by atoms with Crippen molar-refractivity contribution >= 4 is 35.1 Å². The highest BCUT2D eigenvalue weighted by atomic mass is 35.5. The summed E-state index contributed by atoms with van der Waals surface area (Å²) in [5.74, 6) is -0.527. The molecule has 1 aliphatic rings. The summed E-state index contributed by atoms with van der Waals surface area (Å²) in [6, 6.07) is 12.3. The van der Waals surface area contributed by atoms with Crippen LogP contribution in [0.4, 0.5) is 0 Å². The largest absolute Gasteiger partial charge is 0.465 e. The Morgan fingerprint density at radius 1 is 1.13 bits per heavy atom. The fourth-order valence-electron chi connectivity index (χ4n) is 3.40. The van der Waals surface area contributed by atoms with E-state index in [0.29, 0.717) is 41.7 Å². The number of benzene rings is 2. The topological polar surface area (TPSA) is 76.7 Å². The lowest BCUT2D eigenvalue weighted by atomic mass is 9.92. The van der Waals surface area contributed by atoms with Crippen molar-refractivity contribution in [2.75, 3.05) is 33.4 Å². The second kappa shape index (κ2) is 10.3. The summed E-state index contributed by atoms with van der Waals surface area (Å²) < 4.78 is 10.8. The fraction of sp³-hybridized carbons (Fsp3) is 0.364. The van der Waals surface area contributed by atoms with E-state index in [1.54, 1.807) is 30.3 Å². The molecule has 160 valence electrons. The first-order valence-corrected chi connectivity index (χ1v) is 10.4. The van der Waals surface area contributed by atoms with Crippen molar-refractivity contribution in [2.45, 2.75) is 18.4 Å². The van der Waals surface area contributed by atoms with Gasteiger partial charge in [-0.1, -0.05) is 41.4 Å². The lowest BCUT2D eigenvalue weighted by Gasteiger charge is -2.38. The van der Waals surface area contributed by atoms with E-state index < -0.39 is 11.6 Å². The smallest absolute Gasteiger partial charge is 0.337 e. The molecule has 0 aromatic heterocycles. The lowest BCUT2D eigenvalue weighted by molar-refractivity contribution is -0.123. The third-order valence-corrected chi connectivity index (χ3v) is 5.73. The molecule has 0 aliphatic carbocycles. The summed E-state index contributed by atoms with van der Waals surface area (Å²) in [6.07, 6.45) is 0.794. The van der Waals surface area contributed by atoms with E-state index in [1.807, 2.05) is 12.1 Å². The quantitative estimate of drug-likeness (QED) is 0.633. The molecular weight excluding hydrogens is 427 g/mol. The van der Waals surface area contributed by atoms with Crippen molar-refractivity contribution < 1.29 is 19.1 Å². The van der Waals surface area contributed by atoms with Crippen molar-refractivity contribution in [1.82, 2.24) is 10.6 Å². The SMILES string of the molecule is COC(=O)c1ccc(CC(=O)NCC2(Cc3ccc(Cl)c(Cl)c3)CNCCO2)cc1. The Kier molecular flexibility index (Phi) is 7.72. The number of esters is 1. The van der Waals surface area contributed by atoms with Gasteiger partial charge in [-0.3, -0.25) is 4.79 Å². The van der Waals surface area contributed by atoms with Gasteiger partial charge in [0.1, 0.15) is 5.60 Å². The van der Waals surface area contributed by atoms with E-state index in [-0.39, 0.29) is 12.3 Å². The van der Waals surface area contributed by atoms with E-state index >= 15 is 0 Å². The maximum atomic E-state index is 12.5. The van der Waals surface area contributed by atoms with Crippen LogP contribution in [0, 0.1) is 0 Å². The molecule has 1 aliphatic heterocycles. The molecule has 1 amide bonds. The number of halogens is 2. The van der Waals surface area contributed by atoms with Crippen molar-refractivity contribution in [3.05, 3.63) is 69.2 Å². The zero-order valence-corrected chi connectivity index (χ0v) is 18.2. The minimum Gasteiger partial charge on any atom is -0.465 e. The van der Waals surface area contributed by atoms with Crippen molar-refractivity contribution in [2.24, 2.45) is 0 Å². The number of rotatable bonds is 7. The van der Waals surface area contributed by atoms with Crippen LogP contribution in [0.15, 0.2) is 42.5 Å². The minimum absolute atomic E-state index is 0.122. The molecule has 1 heterocycles. The van der Waals surface area contributed by atoms with Crippen LogP contribution < -0.4 is 10.6 Å². The van der Waals surface area contributed by atoms with Crippen molar-refractivity contribution in [3.8, 4) is 0 Å². The molecule has 3 rings (SSSR count). The van der Waals surface area contributed by atoms with Gasteiger partial charge in [0.15, 0.2) is 0 Å². The fourth-order valence-corrected chi connectivity index (χ4v) is 3.72. The number of hydrogen-bond acceptors (Lipinski definition) is 5. The van der Waals surface area contributed by atoms with Gasteiger partial charge in [-0.2, -0.15) is 0 Å². The molecule has 8 heteroatoms. The Labute approximate surface area is 185 Å². The first-order chi connectivity index (χ1) is 14.4. The summed E-state index contributed by atoms with van der Waals surface area (Å²) >= 11 is 12.2. The average molecular weight is 451 g/mol. The van der Waals surface area contributed by atoms with E-state index in [0.717, 1.165) is 17.7 Å². The Morgan fingerprint density at radius 3 is 2.50 bits per heavy atom. The van der Waals surface area contributed by atoms with Gasteiger partial charge in [0.25, 0.3) is 0 Å². The first kappa shape index (κ1) is 22.6. The zero-order valence-electron chi connectivity index (χ0n) is 16.7. The number of morpholine rings is 1. The maximum Gasteiger partial charge on any atom is 0.337 e. The number of nitrogens with one attached hydrogen (secondary N) is 2. The Balaban J connectivity index is 1.61. The molecule has 0 saturated carbocycles. The zero-order chi connectivity index (χ0) is 21.6. The Bertz CT molecular complexity index is 897. The van der Waals surface area contributed by atoms with Crippen LogP contribution in [0.1, 0.15) is 21.5 Å². The van der Waals surface area contributed by atoms with Gasteiger partial charge >= 0.3 is 5.97 Å². The summed E-state index contributed by atoms with van der Waals surface area (Å²) in [7, 11) is 1.33. The summed E-state index contributed by atoms with van der Waals surface area (Å²) in [6.45, 7) is 2.30. The highest BCUT2D eigenvalue weighted by Crippen LogP contribution is 2.26. The Hall–Kier alpha value is -2.12. The van der Waals surface area contributed by atoms with Crippen LogP contribution in [-0.2, 0) is 27.1 Å². The van der Waals surface area contributed by atoms with E-state index in [9.17, 15) is 9.59 Å². The molecule has 6 nitrogen and oxygen atoms in total. The summed E-state index contributed by atoms with van der Waals surface area (Å²) in [5, 5.41) is 7.32. The van der Waals surface area contributed by atoms with Crippen LogP contribution in [0.2, 0.25) is 10.0 Å². The third-order valence-electron chi connectivity index (χ3n) is 4.99. The van der Waals surface area contributed by atoms with E-state index in [4.69, 9.17) is 27.9 Å². The van der Waals surface area contributed by atoms with Gasteiger partial charge in [0.05, 0.1) is 35.7 Å². The highest BCUT2D eigenvalue weighted by Gasteiger charge is 2.34. The number of carbonyl (C=O) groups is 2. The molecule has 1 saturated heterocycles. The highest BCUT2D eigenvalue weighted by molar-refractivity contribution is 6.42. The lowest BCUT2D eigenvalue weighted by Crippen LogP contribution is -2.57. The molecule has 1 atom stereocenters. The van der Waals surface area contributed by atoms with Gasteiger partial charge in [-0.05, 0) is 35.4 Å². The molecule has 1 fully saturated rings. The van der Waals surface area contributed by atoms with Crippen molar-refractivity contribution in [1.29, 1.82) is 0 Å². The van der Waals surface area contributed by atoms with Gasteiger partial charge in [-0.25, -0.2) is 4.79 Å². The third kappa shape index (κ3) is 5.95. The number of methoxy groups -OCH3 is 1. The summed E-state index contributed by atoms with van der Waals surface area (Å²) in [4.78, 5) is 24.0. The first-order valence-electron chi connectivity index (χ1n) is 9.63. The average Bonchev–Trinajstić information content (AvgIpc) is 2.76. The number of ether oxygens (including phenoxy) is 2. The predicted molar refractivity (Wildman–Crippen MR) is 116 cm³/mol. The summed E-state index contributed by atoms with van der Waals surface area (Å²) in [5.41, 5.74) is 1.67. The maximum absolute atomic E-state index is 12.5. The molecule has 0 spiro atoms. The molecule has 1 unspecified atom stereocenters. The van der Waals surface area contributed by atoms with Crippen LogP contribution in [-0.4, -0.2) is 50.8 Å². The number of hydrogen-bond donors (Lipinski definition) is 2.